The van der Waals surface area contributed by atoms with Crippen LogP contribution in [-0.2, 0) is 26.1 Å². The van der Waals surface area contributed by atoms with E-state index in [1.807, 2.05) is 13.0 Å². The Kier molecular flexibility index (Phi) is 8.29. The van der Waals surface area contributed by atoms with Gasteiger partial charge in [-0.2, -0.15) is 0 Å². The molecule has 0 fully saturated rings. The first-order valence-electron chi connectivity index (χ1n) is 11.9. The van der Waals surface area contributed by atoms with Gasteiger partial charge in [-0.1, -0.05) is 43.7 Å². The second-order valence-electron chi connectivity index (χ2n) is 8.33. The summed E-state index contributed by atoms with van der Waals surface area (Å²) >= 11 is 0. The van der Waals surface area contributed by atoms with E-state index in [0.29, 0.717) is 30.2 Å². The maximum atomic E-state index is 13.5. The van der Waals surface area contributed by atoms with Crippen LogP contribution in [-0.4, -0.2) is 40.2 Å². The summed E-state index contributed by atoms with van der Waals surface area (Å²) < 4.78 is 44.0. The first-order valence-corrected chi connectivity index (χ1v) is 13.3. The molecule has 1 aliphatic heterocycles. The van der Waals surface area contributed by atoms with Crippen molar-refractivity contribution in [3.05, 3.63) is 83.9 Å². The average Bonchev–Trinajstić information content (AvgIpc) is 3.39. The highest BCUT2D eigenvalue weighted by atomic mass is 32.2. The molecule has 0 aromatic heterocycles. The van der Waals surface area contributed by atoms with Crippen LogP contribution < -0.4 is 19.1 Å². The van der Waals surface area contributed by atoms with Crippen LogP contribution in [0, 0.1) is 0 Å². The minimum Gasteiger partial charge on any atom is -0.454 e. The largest absolute Gasteiger partial charge is 0.454 e. The van der Waals surface area contributed by atoms with Crippen molar-refractivity contribution in [2.24, 2.45) is 0 Å². The Bertz CT molecular complexity index is 1360. The van der Waals surface area contributed by atoms with E-state index in [9.17, 15) is 18.0 Å². The van der Waals surface area contributed by atoms with Crippen molar-refractivity contribution in [1.29, 1.82) is 0 Å². The number of carbonyl (C=O) groups excluding carboxylic acids is 2. The van der Waals surface area contributed by atoms with Crippen molar-refractivity contribution >= 4 is 27.6 Å². The maximum absolute atomic E-state index is 13.5. The quantitative estimate of drug-likeness (QED) is 0.379. The number of amides is 1. The summed E-state index contributed by atoms with van der Waals surface area (Å²) in [4.78, 5) is 24.8. The fraction of sp³-hybridized carbons (Fsp3) is 0.259. The Labute approximate surface area is 216 Å². The lowest BCUT2D eigenvalue weighted by molar-refractivity contribution is -0.124. The summed E-state index contributed by atoms with van der Waals surface area (Å²) in [5.41, 5.74) is 1.38. The van der Waals surface area contributed by atoms with Crippen LogP contribution in [0.15, 0.2) is 77.7 Å². The predicted molar refractivity (Wildman–Crippen MR) is 137 cm³/mol. The fourth-order valence-corrected chi connectivity index (χ4v) is 5.26. The summed E-state index contributed by atoms with van der Waals surface area (Å²) in [5.74, 6) is -0.0428. The van der Waals surface area contributed by atoms with Crippen LogP contribution in [0.2, 0.25) is 0 Å². The number of nitrogens with one attached hydrogen (secondary N) is 1. The number of hydrogen-bond donors (Lipinski definition) is 1. The number of esters is 1. The van der Waals surface area contributed by atoms with Crippen LogP contribution in [0.5, 0.6) is 11.5 Å². The summed E-state index contributed by atoms with van der Waals surface area (Å²) in [6, 6.07) is 19.8. The highest BCUT2D eigenvalue weighted by Gasteiger charge is 2.25. The van der Waals surface area contributed by atoms with Crippen LogP contribution in [0.3, 0.4) is 0 Å². The van der Waals surface area contributed by atoms with Gasteiger partial charge in [-0.25, -0.2) is 13.2 Å². The highest BCUT2D eigenvalue weighted by molar-refractivity contribution is 7.92. The van der Waals surface area contributed by atoms with Crippen molar-refractivity contribution in [2.75, 3.05) is 24.2 Å². The van der Waals surface area contributed by atoms with Crippen molar-refractivity contribution in [3.63, 3.8) is 0 Å². The van der Waals surface area contributed by atoms with Gasteiger partial charge < -0.3 is 19.5 Å². The molecule has 3 aromatic carbocycles. The molecule has 1 aliphatic rings. The SMILES string of the molecule is CCCCN(c1ccccc1)S(=O)(=O)c1cccc(C(=O)OCC(=O)NCc2ccc3c(c2)OCO3)c1. The van der Waals surface area contributed by atoms with E-state index in [0.717, 1.165) is 12.0 Å². The molecule has 3 aromatic rings. The van der Waals surface area contributed by atoms with E-state index >= 15 is 0 Å². The van der Waals surface area contributed by atoms with Gasteiger partial charge >= 0.3 is 5.97 Å². The molecule has 9 nitrogen and oxygen atoms in total. The number of carbonyl (C=O) groups is 2. The van der Waals surface area contributed by atoms with Crippen molar-refractivity contribution in [2.45, 2.75) is 31.2 Å². The van der Waals surface area contributed by atoms with E-state index in [-0.39, 0.29) is 23.8 Å². The molecule has 37 heavy (non-hydrogen) atoms. The molecule has 4 rings (SSSR count). The molecule has 0 spiro atoms. The zero-order chi connectivity index (χ0) is 26.3. The topological polar surface area (TPSA) is 111 Å². The van der Waals surface area contributed by atoms with Gasteiger partial charge in [-0.3, -0.25) is 9.10 Å². The standard InChI is InChI=1S/C27H28N2O7S/c1-2-3-14-29(22-9-5-4-6-10-22)37(32,33)23-11-7-8-21(16-23)27(31)34-18-26(30)28-17-20-12-13-24-25(15-20)36-19-35-24/h4-13,15-16H,2-3,14,17-19H2,1H3,(H,28,30). The number of ether oxygens (including phenoxy) is 3. The van der Waals surface area contributed by atoms with E-state index in [4.69, 9.17) is 14.2 Å². The number of nitrogens with zero attached hydrogens (tertiary/aromatic N) is 1. The molecule has 10 heteroatoms. The minimum atomic E-state index is -3.93. The van der Waals surface area contributed by atoms with Gasteiger partial charge in [0.1, 0.15) is 0 Å². The van der Waals surface area contributed by atoms with Crippen LogP contribution in [0.25, 0.3) is 0 Å². The molecular weight excluding hydrogens is 496 g/mol. The summed E-state index contributed by atoms with van der Waals surface area (Å²) in [5, 5.41) is 2.67. The molecule has 1 amide bonds. The van der Waals surface area contributed by atoms with Gasteiger partial charge in [0.05, 0.1) is 16.1 Å². The number of hydrogen-bond acceptors (Lipinski definition) is 7. The van der Waals surface area contributed by atoms with Gasteiger partial charge in [0, 0.05) is 13.1 Å². The predicted octanol–water partition coefficient (Wildman–Crippen LogP) is 3.88. The molecule has 0 saturated heterocycles. The zero-order valence-corrected chi connectivity index (χ0v) is 21.2. The molecule has 0 unspecified atom stereocenters. The van der Waals surface area contributed by atoms with Crippen molar-refractivity contribution in [1.82, 2.24) is 5.32 Å². The first-order chi connectivity index (χ1) is 17.9. The smallest absolute Gasteiger partial charge is 0.338 e. The van der Waals surface area contributed by atoms with Gasteiger partial charge in [0.15, 0.2) is 18.1 Å². The van der Waals surface area contributed by atoms with Gasteiger partial charge in [0.25, 0.3) is 15.9 Å². The van der Waals surface area contributed by atoms with Crippen molar-refractivity contribution in [3.8, 4) is 11.5 Å². The van der Waals surface area contributed by atoms with Crippen LogP contribution in [0.1, 0.15) is 35.7 Å². The van der Waals surface area contributed by atoms with Gasteiger partial charge in [-0.05, 0) is 54.4 Å². The third-order valence-electron chi connectivity index (χ3n) is 5.68. The number of anilines is 1. The molecular formula is C27H28N2O7S. The van der Waals surface area contributed by atoms with E-state index in [2.05, 4.69) is 5.32 Å². The minimum absolute atomic E-state index is 0.0332. The lowest BCUT2D eigenvalue weighted by Crippen LogP contribution is -2.32. The monoisotopic (exact) mass is 524 g/mol. The van der Waals surface area contributed by atoms with E-state index in [1.165, 1.54) is 28.6 Å². The van der Waals surface area contributed by atoms with Crippen molar-refractivity contribution < 1.29 is 32.2 Å². The van der Waals surface area contributed by atoms with E-state index in [1.54, 1.807) is 42.5 Å². The molecule has 0 atom stereocenters. The Morgan fingerprint density at radius 2 is 1.76 bits per heavy atom. The number of para-hydroxylation sites is 1. The Morgan fingerprint density at radius 1 is 0.973 bits per heavy atom. The third-order valence-corrected chi connectivity index (χ3v) is 7.50. The van der Waals surface area contributed by atoms with Gasteiger partial charge in [-0.15, -0.1) is 0 Å². The van der Waals surface area contributed by atoms with E-state index < -0.39 is 28.5 Å². The molecule has 0 saturated carbocycles. The normalized spacial score (nSPS) is 12.1. The Balaban J connectivity index is 1.38. The zero-order valence-electron chi connectivity index (χ0n) is 20.4. The second kappa shape index (κ2) is 11.8. The average molecular weight is 525 g/mol. The molecule has 1 N–H and O–H groups in total. The Morgan fingerprint density at radius 3 is 2.54 bits per heavy atom. The molecule has 0 aliphatic carbocycles. The lowest BCUT2D eigenvalue weighted by Gasteiger charge is -2.24. The summed E-state index contributed by atoms with van der Waals surface area (Å²) in [6.45, 7) is 2.16. The number of rotatable bonds is 11. The number of fused-ring (bicyclic) bond motifs is 1. The lowest BCUT2D eigenvalue weighted by atomic mass is 10.2. The summed E-state index contributed by atoms with van der Waals surface area (Å²) in [7, 11) is -3.93. The highest BCUT2D eigenvalue weighted by Crippen LogP contribution is 2.32. The number of sulfonamides is 1. The summed E-state index contributed by atoms with van der Waals surface area (Å²) in [6.07, 6.45) is 1.50. The fourth-order valence-electron chi connectivity index (χ4n) is 3.71. The molecule has 0 radical (unpaired) electrons. The number of benzene rings is 3. The molecule has 1 heterocycles. The van der Waals surface area contributed by atoms with Crippen LogP contribution >= 0.6 is 0 Å². The van der Waals surface area contributed by atoms with Gasteiger partial charge in [0.2, 0.25) is 6.79 Å². The van der Waals surface area contributed by atoms with Crippen LogP contribution in [0.4, 0.5) is 5.69 Å². The number of unbranched alkanes of at least 4 members (excludes halogenated alkanes) is 1. The third kappa shape index (κ3) is 6.39. The molecule has 0 bridgehead atoms. The Hall–Kier alpha value is -4.05. The second-order valence-corrected chi connectivity index (χ2v) is 10.2. The molecule has 194 valence electrons. The maximum Gasteiger partial charge on any atom is 0.338 e. The first kappa shape index (κ1) is 26.0.